The predicted octanol–water partition coefficient (Wildman–Crippen LogP) is 3.02. The van der Waals surface area contributed by atoms with E-state index in [-0.39, 0.29) is 11.9 Å². The number of amides is 1. The van der Waals surface area contributed by atoms with Gasteiger partial charge in [-0.3, -0.25) is 9.69 Å². The van der Waals surface area contributed by atoms with Crippen LogP contribution in [-0.4, -0.2) is 35.4 Å². The zero-order valence-electron chi connectivity index (χ0n) is 12.8. The number of aryl methyl sites for hydroxylation is 1. The summed E-state index contributed by atoms with van der Waals surface area (Å²) >= 11 is 1.76. The predicted molar refractivity (Wildman–Crippen MR) is 89.2 cm³/mol. The van der Waals surface area contributed by atoms with Crippen LogP contribution >= 0.6 is 11.3 Å². The third kappa shape index (κ3) is 3.54. The molecule has 0 spiro atoms. The van der Waals surface area contributed by atoms with Gasteiger partial charge in [0.2, 0.25) is 0 Å². The maximum atomic E-state index is 12.3. The first-order valence-corrected chi connectivity index (χ1v) is 8.61. The monoisotopic (exact) mass is 315 g/mol. The molecule has 1 unspecified atom stereocenters. The second-order valence-corrected chi connectivity index (χ2v) is 6.63. The fourth-order valence-corrected chi connectivity index (χ4v) is 3.75. The summed E-state index contributed by atoms with van der Waals surface area (Å²) in [5, 5.41) is 5.15. The molecule has 2 aromatic rings. The Hall–Kier alpha value is -1.72. The van der Waals surface area contributed by atoms with Gasteiger partial charge in [-0.05, 0) is 56.4 Å². The molecule has 4 nitrogen and oxygen atoms in total. The lowest BCUT2D eigenvalue weighted by molar-refractivity contribution is 0.0933. The average Bonchev–Trinajstić information content (AvgIpc) is 3.21. The molecule has 1 aliphatic rings. The molecule has 1 atom stereocenters. The average molecular weight is 315 g/mol. The van der Waals surface area contributed by atoms with Gasteiger partial charge >= 0.3 is 0 Å². The highest BCUT2D eigenvalue weighted by molar-refractivity contribution is 7.10. The number of carbonyl (C=O) groups is 1. The van der Waals surface area contributed by atoms with Gasteiger partial charge in [-0.1, -0.05) is 12.1 Å². The standard InChI is InChI=1S/C17H21N3OS/c1-13-6-4-7-14(19-13)17(21)18-12-15(16-8-5-11-22-16)20-9-2-3-10-20/h4-8,11,15H,2-3,9-10,12H2,1H3,(H,18,21). The Morgan fingerprint density at radius 1 is 1.32 bits per heavy atom. The van der Waals surface area contributed by atoms with E-state index >= 15 is 0 Å². The minimum Gasteiger partial charge on any atom is -0.349 e. The van der Waals surface area contributed by atoms with E-state index in [1.165, 1.54) is 17.7 Å². The summed E-state index contributed by atoms with van der Waals surface area (Å²) in [6.45, 7) is 4.76. The molecule has 0 saturated carbocycles. The van der Waals surface area contributed by atoms with E-state index in [0.29, 0.717) is 12.2 Å². The van der Waals surface area contributed by atoms with Crippen molar-refractivity contribution in [1.29, 1.82) is 0 Å². The van der Waals surface area contributed by atoms with Crippen molar-refractivity contribution >= 4 is 17.2 Å². The molecule has 5 heteroatoms. The van der Waals surface area contributed by atoms with Crippen LogP contribution in [0.2, 0.25) is 0 Å². The summed E-state index contributed by atoms with van der Waals surface area (Å²) in [6.07, 6.45) is 2.49. The summed E-state index contributed by atoms with van der Waals surface area (Å²) in [6, 6.07) is 10.0. The van der Waals surface area contributed by atoms with Crippen molar-refractivity contribution in [2.24, 2.45) is 0 Å². The Kier molecular flexibility index (Phi) is 4.85. The molecule has 2 aromatic heterocycles. The Morgan fingerprint density at radius 2 is 2.14 bits per heavy atom. The van der Waals surface area contributed by atoms with Crippen LogP contribution in [0.1, 0.15) is 39.9 Å². The fraction of sp³-hybridized carbons (Fsp3) is 0.412. The molecular formula is C17H21N3OS. The van der Waals surface area contributed by atoms with Crippen molar-refractivity contribution < 1.29 is 4.79 Å². The van der Waals surface area contributed by atoms with Crippen LogP contribution in [0.3, 0.4) is 0 Å². The van der Waals surface area contributed by atoms with E-state index in [9.17, 15) is 4.79 Å². The first kappa shape index (κ1) is 15.2. The van der Waals surface area contributed by atoms with Crippen LogP contribution in [0.5, 0.6) is 0 Å². The van der Waals surface area contributed by atoms with Gasteiger partial charge in [0.25, 0.3) is 5.91 Å². The maximum Gasteiger partial charge on any atom is 0.269 e. The van der Waals surface area contributed by atoms with Gasteiger partial charge in [0.15, 0.2) is 0 Å². The third-order valence-corrected chi connectivity index (χ3v) is 5.00. The van der Waals surface area contributed by atoms with E-state index in [4.69, 9.17) is 0 Å². The molecule has 22 heavy (non-hydrogen) atoms. The Bertz CT molecular complexity index is 621. The number of aromatic nitrogens is 1. The van der Waals surface area contributed by atoms with Gasteiger partial charge in [-0.25, -0.2) is 4.98 Å². The number of carbonyl (C=O) groups excluding carboxylic acids is 1. The summed E-state index contributed by atoms with van der Waals surface area (Å²) in [5.41, 5.74) is 1.35. The van der Waals surface area contributed by atoms with Crippen molar-refractivity contribution in [2.75, 3.05) is 19.6 Å². The molecule has 1 saturated heterocycles. The fourth-order valence-electron chi connectivity index (χ4n) is 2.89. The van der Waals surface area contributed by atoms with Gasteiger partial charge in [0.05, 0.1) is 6.04 Å². The van der Waals surface area contributed by atoms with Crippen LogP contribution in [-0.2, 0) is 0 Å². The summed E-state index contributed by atoms with van der Waals surface area (Å²) < 4.78 is 0. The molecule has 0 aliphatic carbocycles. The summed E-state index contributed by atoms with van der Waals surface area (Å²) in [5.74, 6) is -0.0931. The van der Waals surface area contributed by atoms with Crippen molar-refractivity contribution in [2.45, 2.75) is 25.8 Å². The second-order valence-electron chi connectivity index (χ2n) is 5.65. The Labute approximate surface area is 135 Å². The third-order valence-electron chi connectivity index (χ3n) is 4.03. The topological polar surface area (TPSA) is 45.2 Å². The van der Waals surface area contributed by atoms with Crippen molar-refractivity contribution in [3.05, 3.63) is 52.0 Å². The lowest BCUT2D eigenvalue weighted by Gasteiger charge is -2.26. The lowest BCUT2D eigenvalue weighted by Crippen LogP contribution is -2.36. The number of hydrogen-bond donors (Lipinski definition) is 1. The highest BCUT2D eigenvalue weighted by Crippen LogP contribution is 2.27. The van der Waals surface area contributed by atoms with E-state index in [1.807, 2.05) is 19.1 Å². The molecule has 1 amide bonds. The molecule has 0 radical (unpaired) electrons. The quantitative estimate of drug-likeness (QED) is 0.922. The van der Waals surface area contributed by atoms with Gasteiger partial charge in [0, 0.05) is 17.1 Å². The highest BCUT2D eigenvalue weighted by Gasteiger charge is 2.24. The largest absolute Gasteiger partial charge is 0.349 e. The minimum atomic E-state index is -0.0931. The van der Waals surface area contributed by atoms with Crippen LogP contribution in [0.25, 0.3) is 0 Å². The number of pyridine rings is 1. The molecule has 1 fully saturated rings. The minimum absolute atomic E-state index is 0.0931. The van der Waals surface area contributed by atoms with Crippen molar-refractivity contribution in [3.63, 3.8) is 0 Å². The molecule has 3 rings (SSSR count). The van der Waals surface area contributed by atoms with E-state index in [2.05, 4.69) is 32.7 Å². The molecule has 116 valence electrons. The van der Waals surface area contributed by atoms with E-state index in [1.54, 1.807) is 17.4 Å². The van der Waals surface area contributed by atoms with Crippen LogP contribution in [0.15, 0.2) is 35.7 Å². The molecule has 0 aromatic carbocycles. The highest BCUT2D eigenvalue weighted by atomic mass is 32.1. The molecule has 0 bridgehead atoms. The molecule has 3 heterocycles. The molecule has 1 aliphatic heterocycles. The van der Waals surface area contributed by atoms with Crippen molar-refractivity contribution in [3.8, 4) is 0 Å². The SMILES string of the molecule is Cc1cccc(C(=O)NCC(c2cccs2)N2CCCC2)n1. The maximum absolute atomic E-state index is 12.3. The van der Waals surface area contributed by atoms with E-state index in [0.717, 1.165) is 18.8 Å². The van der Waals surface area contributed by atoms with E-state index < -0.39 is 0 Å². The number of hydrogen-bond acceptors (Lipinski definition) is 4. The zero-order valence-corrected chi connectivity index (χ0v) is 13.6. The number of thiophene rings is 1. The lowest BCUT2D eigenvalue weighted by atomic mass is 10.2. The summed E-state index contributed by atoms with van der Waals surface area (Å²) in [4.78, 5) is 20.4. The smallest absolute Gasteiger partial charge is 0.269 e. The van der Waals surface area contributed by atoms with Crippen LogP contribution in [0, 0.1) is 6.92 Å². The van der Waals surface area contributed by atoms with Crippen molar-refractivity contribution in [1.82, 2.24) is 15.2 Å². The Balaban J connectivity index is 1.67. The van der Waals surface area contributed by atoms with Crippen LogP contribution in [0.4, 0.5) is 0 Å². The number of rotatable bonds is 5. The normalized spacial score (nSPS) is 16.6. The molecular weight excluding hydrogens is 294 g/mol. The summed E-state index contributed by atoms with van der Waals surface area (Å²) in [7, 11) is 0. The number of nitrogens with zero attached hydrogens (tertiary/aromatic N) is 2. The first-order chi connectivity index (χ1) is 10.7. The first-order valence-electron chi connectivity index (χ1n) is 7.73. The zero-order chi connectivity index (χ0) is 15.4. The van der Waals surface area contributed by atoms with Gasteiger partial charge in [0.1, 0.15) is 5.69 Å². The number of likely N-dealkylation sites (tertiary alicyclic amines) is 1. The van der Waals surface area contributed by atoms with Crippen LogP contribution < -0.4 is 5.32 Å². The van der Waals surface area contributed by atoms with Gasteiger partial charge < -0.3 is 5.32 Å². The van der Waals surface area contributed by atoms with Gasteiger partial charge in [-0.2, -0.15) is 0 Å². The number of nitrogens with one attached hydrogen (secondary N) is 1. The van der Waals surface area contributed by atoms with Gasteiger partial charge in [-0.15, -0.1) is 11.3 Å². The Morgan fingerprint density at radius 3 is 2.82 bits per heavy atom. The molecule has 1 N–H and O–H groups in total. The second kappa shape index (κ2) is 7.03.